The van der Waals surface area contributed by atoms with E-state index in [-0.39, 0.29) is 5.91 Å². The van der Waals surface area contributed by atoms with Crippen molar-refractivity contribution in [2.24, 2.45) is 0 Å². The van der Waals surface area contributed by atoms with Crippen molar-refractivity contribution in [2.75, 3.05) is 0 Å². The van der Waals surface area contributed by atoms with E-state index in [0.717, 1.165) is 38.9 Å². The number of aromatic nitrogens is 1. The molecule has 148 valence electrons. The van der Waals surface area contributed by atoms with Crippen LogP contribution in [0.5, 0.6) is 5.75 Å². The van der Waals surface area contributed by atoms with Gasteiger partial charge in [0, 0.05) is 34.3 Å². The Hall–Kier alpha value is -3.79. The van der Waals surface area contributed by atoms with Crippen molar-refractivity contribution in [1.82, 2.24) is 10.3 Å². The number of hydrogen-bond acceptors (Lipinski definition) is 2. The Morgan fingerprint density at radius 3 is 2.60 bits per heavy atom. The van der Waals surface area contributed by atoms with E-state index in [2.05, 4.69) is 22.9 Å². The molecule has 1 aromatic heterocycles. The Balaban J connectivity index is 1.53. The van der Waals surface area contributed by atoms with Crippen LogP contribution < -0.4 is 10.1 Å². The summed E-state index contributed by atoms with van der Waals surface area (Å²) in [4.78, 5) is 16.1. The van der Waals surface area contributed by atoms with Gasteiger partial charge in [0.2, 0.25) is 0 Å². The molecule has 0 radical (unpaired) electrons. The summed E-state index contributed by atoms with van der Waals surface area (Å²) in [6.45, 7) is 4.46. The van der Waals surface area contributed by atoms with Gasteiger partial charge in [-0.2, -0.15) is 0 Å². The zero-order valence-electron chi connectivity index (χ0n) is 16.5. The van der Waals surface area contributed by atoms with Crippen LogP contribution in [0.2, 0.25) is 0 Å². The van der Waals surface area contributed by atoms with Gasteiger partial charge in [-0.1, -0.05) is 54.6 Å². The van der Waals surface area contributed by atoms with Crippen molar-refractivity contribution in [2.45, 2.75) is 18.6 Å². The molecule has 0 saturated heterocycles. The summed E-state index contributed by atoms with van der Waals surface area (Å²) in [6, 6.07) is 23.9. The van der Waals surface area contributed by atoms with E-state index in [9.17, 15) is 4.79 Å². The number of ether oxygens (including phenoxy) is 1. The molecule has 0 unspecified atom stereocenters. The van der Waals surface area contributed by atoms with Gasteiger partial charge in [0.25, 0.3) is 5.91 Å². The smallest absolute Gasteiger partial charge is 0.252 e. The van der Waals surface area contributed by atoms with Gasteiger partial charge in [-0.15, -0.1) is 6.58 Å². The number of fused-ring (bicyclic) bond motifs is 2. The molecule has 30 heavy (non-hydrogen) atoms. The summed E-state index contributed by atoms with van der Waals surface area (Å²) >= 11 is 0. The minimum atomic E-state index is -0.625. The Bertz CT molecular complexity index is 1240. The third-order valence-electron chi connectivity index (χ3n) is 5.77. The van der Waals surface area contributed by atoms with Gasteiger partial charge in [0.15, 0.2) is 0 Å². The molecule has 0 fully saturated rings. The second-order valence-electron chi connectivity index (χ2n) is 7.58. The van der Waals surface area contributed by atoms with E-state index >= 15 is 0 Å². The second-order valence-corrected chi connectivity index (χ2v) is 7.58. The van der Waals surface area contributed by atoms with Crippen LogP contribution in [0.4, 0.5) is 0 Å². The van der Waals surface area contributed by atoms with E-state index in [0.29, 0.717) is 13.0 Å². The highest BCUT2D eigenvalue weighted by Crippen LogP contribution is 2.43. The molecule has 4 heteroatoms. The number of amides is 1. The van der Waals surface area contributed by atoms with Gasteiger partial charge in [-0.05, 0) is 35.7 Å². The van der Waals surface area contributed by atoms with Gasteiger partial charge >= 0.3 is 0 Å². The zero-order valence-corrected chi connectivity index (χ0v) is 16.5. The normalized spacial score (nSPS) is 17.5. The van der Waals surface area contributed by atoms with Crippen LogP contribution in [-0.4, -0.2) is 10.9 Å². The van der Waals surface area contributed by atoms with Crippen molar-refractivity contribution in [3.63, 3.8) is 0 Å². The van der Waals surface area contributed by atoms with Gasteiger partial charge in [0.05, 0.1) is 5.54 Å². The standard InChI is InChI=1S/C26H22N2O2/c1-2-14-26(22-11-7-6-10-21(22)25(29)28-26)23-16-27-24-15-19(12-13-20(23)24)30-17-18-8-4-3-5-9-18/h2-13,15-16,27H,1,14,17H2,(H,28,29)/t26-/m1/s1. The summed E-state index contributed by atoms with van der Waals surface area (Å²) in [5, 5.41) is 4.28. The van der Waals surface area contributed by atoms with Crippen LogP contribution >= 0.6 is 0 Å². The maximum Gasteiger partial charge on any atom is 0.252 e. The van der Waals surface area contributed by atoms with Crippen LogP contribution in [-0.2, 0) is 12.1 Å². The molecule has 1 aliphatic rings. The molecule has 5 rings (SSSR count). The predicted octanol–water partition coefficient (Wildman–Crippen LogP) is 5.31. The average molecular weight is 394 g/mol. The minimum Gasteiger partial charge on any atom is -0.489 e. The number of benzene rings is 3. The Morgan fingerprint density at radius 1 is 0.967 bits per heavy atom. The number of nitrogens with one attached hydrogen (secondary N) is 2. The molecule has 2 N–H and O–H groups in total. The molecule has 1 amide bonds. The average Bonchev–Trinajstić information content (AvgIpc) is 3.33. The molecule has 3 aromatic carbocycles. The Kier molecular flexibility index (Phi) is 4.40. The lowest BCUT2D eigenvalue weighted by atomic mass is 9.81. The molecule has 0 spiro atoms. The highest BCUT2D eigenvalue weighted by atomic mass is 16.5. The topological polar surface area (TPSA) is 54.1 Å². The Labute approximate surface area is 175 Å². The number of carbonyl (C=O) groups excluding carboxylic acids is 1. The van der Waals surface area contributed by atoms with Crippen LogP contribution in [0.25, 0.3) is 10.9 Å². The molecule has 1 atom stereocenters. The van der Waals surface area contributed by atoms with Gasteiger partial charge in [-0.3, -0.25) is 4.79 Å². The summed E-state index contributed by atoms with van der Waals surface area (Å²) in [7, 11) is 0. The van der Waals surface area contributed by atoms with Crippen molar-refractivity contribution < 1.29 is 9.53 Å². The fraction of sp³-hybridized carbons (Fsp3) is 0.115. The van der Waals surface area contributed by atoms with Crippen LogP contribution in [0.15, 0.2) is 91.6 Å². The molecule has 1 aliphatic heterocycles. The predicted molar refractivity (Wildman–Crippen MR) is 119 cm³/mol. The molecule has 4 aromatic rings. The molecule has 2 heterocycles. The van der Waals surface area contributed by atoms with Crippen molar-refractivity contribution >= 4 is 16.8 Å². The van der Waals surface area contributed by atoms with Crippen molar-refractivity contribution in [3.8, 4) is 5.75 Å². The molecule has 0 aliphatic carbocycles. The summed E-state index contributed by atoms with van der Waals surface area (Å²) in [6.07, 6.45) is 4.45. The van der Waals surface area contributed by atoms with E-state index in [1.807, 2.05) is 79.0 Å². The van der Waals surface area contributed by atoms with E-state index in [1.165, 1.54) is 0 Å². The van der Waals surface area contributed by atoms with E-state index in [4.69, 9.17) is 4.74 Å². The Morgan fingerprint density at radius 2 is 1.77 bits per heavy atom. The maximum absolute atomic E-state index is 12.7. The highest BCUT2D eigenvalue weighted by Gasteiger charge is 2.44. The largest absolute Gasteiger partial charge is 0.489 e. The third kappa shape index (κ3) is 2.89. The van der Waals surface area contributed by atoms with Gasteiger partial charge in [0.1, 0.15) is 12.4 Å². The van der Waals surface area contributed by atoms with Crippen LogP contribution in [0.3, 0.4) is 0 Å². The van der Waals surface area contributed by atoms with Gasteiger partial charge in [-0.25, -0.2) is 0 Å². The molecular formula is C26H22N2O2. The third-order valence-corrected chi connectivity index (χ3v) is 5.77. The van der Waals surface area contributed by atoms with Gasteiger partial charge < -0.3 is 15.0 Å². The molecule has 4 nitrogen and oxygen atoms in total. The van der Waals surface area contributed by atoms with E-state index in [1.54, 1.807) is 0 Å². The summed E-state index contributed by atoms with van der Waals surface area (Å²) in [5.41, 5.74) is 4.21. The van der Waals surface area contributed by atoms with Crippen LogP contribution in [0.1, 0.15) is 33.5 Å². The highest BCUT2D eigenvalue weighted by molar-refractivity contribution is 6.02. The maximum atomic E-state index is 12.7. The van der Waals surface area contributed by atoms with Crippen LogP contribution in [0, 0.1) is 0 Å². The minimum absolute atomic E-state index is 0.0513. The number of rotatable bonds is 6. The fourth-order valence-corrected chi connectivity index (χ4v) is 4.37. The van der Waals surface area contributed by atoms with Crippen molar-refractivity contribution in [3.05, 3.63) is 114 Å². The first-order valence-electron chi connectivity index (χ1n) is 10.0. The number of aromatic amines is 1. The molecule has 0 saturated carbocycles. The summed E-state index contributed by atoms with van der Waals surface area (Å²) in [5.74, 6) is 0.748. The number of hydrogen-bond donors (Lipinski definition) is 2. The lowest BCUT2D eigenvalue weighted by Gasteiger charge is -2.29. The number of H-pyrrole nitrogens is 1. The first kappa shape index (κ1) is 18.3. The van der Waals surface area contributed by atoms with E-state index < -0.39 is 5.54 Å². The zero-order chi connectivity index (χ0) is 20.6. The molecular weight excluding hydrogens is 372 g/mol. The lowest BCUT2D eigenvalue weighted by molar-refractivity contribution is 0.0941. The quantitative estimate of drug-likeness (QED) is 0.436. The monoisotopic (exact) mass is 394 g/mol. The number of carbonyl (C=O) groups is 1. The molecule has 0 bridgehead atoms. The first-order chi connectivity index (χ1) is 14.7. The second kappa shape index (κ2) is 7.23. The first-order valence-corrected chi connectivity index (χ1v) is 10.0. The lowest BCUT2D eigenvalue weighted by Crippen LogP contribution is -2.39. The SMILES string of the molecule is C=CC[C@@]1(c2c[nH]c3cc(OCc4ccccc4)ccc23)NC(=O)c2ccccc21. The fourth-order valence-electron chi connectivity index (χ4n) is 4.37. The van der Waals surface area contributed by atoms with Crippen molar-refractivity contribution in [1.29, 1.82) is 0 Å². The summed E-state index contributed by atoms with van der Waals surface area (Å²) < 4.78 is 5.97.